The number of benzene rings is 8. The summed E-state index contributed by atoms with van der Waals surface area (Å²) in [5.74, 6) is 0. The smallest absolute Gasteiger partial charge is 0.00262 e. The van der Waals surface area contributed by atoms with Gasteiger partial charge in [0, 0.05) is 0 Å². The summed E-state index contributed by atoms with van der Waals surface area (Å²) in [7, 11) is 0. The third-order valence-electron chi connectivity index (χ3n) is 9.13. The Kier molecular flexibility index (Phi) is 6.35. The zero-order chi connectivity index (χ0) is 29.6. The van der Waals surface area contributed by atoms with E-state index < -0.39 is 0 Å². The third kappa shape index (κ3) is 4.39. The van der Waals surface area contributed by atoms with Gasteiger partial charge in [0.05, 0.1) is 0 Å². The lowest BCUT2D eigenvalue weighted by Gasteiger charge is -2.19. The van der Waals surface area contributed by atoms with Crippen molar-refractivity contribution in [2.24, 2.45) is 0 Å². The largest absolute Gasteiger partial charge is 0.0620 e. The molecule has 0 atom stereocenters. The fourth-order valence-corrected chi connectivity index (χ4v) is 6.92. The van der Waals surface area contributed by atoms with Crippen LogP contribution in [-0.4, -0.2) is 0 Å². The molecule has 0 heterocycles. The van der Waals surface area contributed by atoms with Crippen LogP contribution in [0.4, 0.5) is 0 Å². The van der Waals surface area contributed by atoms with E-state index in [1.807, 2.05) is 0 Å². The van der Waals surface area contributed by atoms with Crippen LogP contribution in [0.5, 0.6) is 0 Å². The van der Waals surface area contributed by atoms with Crippen LogP contribution in [-0.2, 0) is 0 Å². The van der Waals surface area contributed by atoms with Gasteiger partial charge in [-0.3, -0.25) is 0 Å². The van der Waals surface area contributed by atoms with Gasteiger partial charge in [-0.25, -0.2) is 0 Å². The van der Waals surface area contributed by atoms with E-state index in [1.165, 1.54) is 88.0 Å². The highest BCUT2D eigenvalue weighted by Gasteiger charge is 2.18. The maximum Gasteiger partial charge on any atom is -0.00262 e. The average Bonchev–Trinajstić information content (AvgIpc) is 3.08. The summed E-state index contributed by atoms with van der Waals surface area (Å²) >= 11 is 0. The highest BCUT2D eigenvalue weighted by molar-refractivity contribution is 6.21. The molecule has 0 aliphatic rings. The van der Waals surface area contributed by atoms with E-state index in [4.69, 9.17) is 0 Å². The molecule has 0 spiro atoms. The number of fused-ring (bicyclic) bond motifs is 3. The Bertz CT molecular complexity index is 2300. The van der Waals surface area contributed by atoms with Crippen molar-refractivity contribution < 1.29 is 0 Å². The van der Waals surface area contributed by atoms with Gasteiger partial charge in [0.15, 0.2) is 0 Å². The van der Waals surface area contributed by atoms with Crippen LogP contribution in [0.25, 0.3) is 76.8 Å². The van der Waals surface area contributed by atoms with Crippen molar-refractivity contribution in [3.05, 3.63) is 169 Å². The molecular formula is C44H32. The normalized spacial score (nSPS) is 11.4. The second-order valence-electron chi connectivity index (χ2n) is 11.8. The monoisotopic (exact) mass is 560 g/mol. The highest BCUT2D eigenvalue weighted by atomic mass is 14.2. The molecule has 0 amide bonds. The molecule has 0 aliphatic heterocycles. The fourth-order valence-electron chi connectivity index (χ4n) is 6.92. The molecular weight excluding hydrogens is 528 g/mol. The molecule has 0 fully saturated rings. The summed E-state index contributed by atoms with van der Waals surface area (Å²) < 4.78 is 0. The van der Waals surface area contributed by atoms with Crippen molar-refractivity contribution >= 4 is 32.3 Å². The molecule has 0 saturated heterocycles. The van der Waals surface area contributed by atoms with Crippen molar-refractivity contribution in [3.63, 3.8) is 0 Å². The Hall–Kier alpha value is -5.46. The zero-order valence-corrected chi connectivity index (χ0v) is 25.0. The van der Waals surface area contributed by atoms with Crippen molar-refractivity contribution in [3.8, 4) is 44.5 Å². The van der Waals surface area contributed by atoms with Crippen molar-refractivity contribution in [1.29, 1.82) is 0 Å². The molecule has 0 aromatic heterocycles. The van der Waals surface area contributed by atoms with Crippen LogP contribution in [0.1, 0.15) is 11.1 Å². The Morgan fingerprint density at radius 1 is 0.295 bits per heavy atom. The summed E-state index contributed by atoms with van der Waals surface area (Å²) in [5, 5.41) is 7.62. The average molecular weight is 561 g/mol. The van der Waals surface area contributed by atoms with Gasteiger partial charge in [0.2, 0.25) is 0 Å². The van der Waals surface area contributed by atoms with Crippen LogP contribution in [0.15, 0.2) is 158 Å². The van der Waals surface area contributed by atoms with Gasteiger partial charge < -0.3 is 0 Å². The number of rotatable bonds is 4. The molecule has 0 bridgehead atoms. The molecule has 8 aromatic rings. The number of hydrogen-bond acceptors (Lipinski definition) is 0. The quantitative estimate of drug-likeness (QED) is 0.188. The van der Waals surface area contributed by atoms with Crippen LogP contribution in [0, 0.1) is 13.8 Å². The Balaban J connectivity index is 1.37. The van der Waals surface area contributed by atoms with E-state index >= 15 is 0 Å². The first-order valence-corrected chi connectivity index (χ1v) is 15.4. The Morgan fingerprint density at radius 2 is 0.795 bits per heavy atom. The van der Waals surface area contributed by atoms with E-state index in [0.717, 1.165) is 0 Å². The minimum absolute atomic E-state index is 1.23. The van der Waals surface area contributed by atoms with E-state index in [-0.39, 0.29) is 0 Å². The molecule has 0 nitrogen and oxygen atoms in total. The lowest BCUT2D eigenvalue weighted by Crippen LogP contribution is -1.93. The minimum Gasteiger partial charge on any atom is -0.0620 e. The molecule has 0 radical (unpaired) electrons. The number of hydrogen-bond donors (Lipinski definition) is 0. The third-order valence-corrected chi connectivity index (χ3v) is 9.13. The lowest BCUT2D eigenvalue weighted by molar-refractivity contribution is 1.41. The molecule has 208 valence electrons. The summed E-state index contributed by atoms with van der Waals surface area (Å²) in [5.41, 5.74) is 12.7. The zero-order valence-electron chi connectivity index (χ0n) is 25.0. The molecule has 8 rings (SSSR count). The van der Waals surface area contributed by atoms with Gasteiger partial charge in [0.1, 0.15) is 0 Å². The first-order chi connectivity index (χ1) is 21.7. The van der Waals surface area contributed by atoms with E-state index in [1.54, 1.807) is 0 Å². The van der Waals surface area contributed by atoms with Crippen molar-refractivity contribution in [1.82, 2.24) is 0 Å². The minimum atomic E-state index is 1.23. The maximum atomic E-state index is 2.39. The summed E-state index contributed by atoms with van der Waals surface area (Å²) in [6.45, 7) is 4.42. The standard InChI is InChI=1S/C44H32/c1-29-12-3-6-17-37(29)42-28-36(23-22-30(42)2)44-40-20-9-7-18-38(40)43(39-19-8-10-21-41(39)44)35-16-11-15-33(27-35)34-25-24-31-13-4-5-14-32(31)26-34/h3-28H,1-2H3. The van der Waals surface area contributed by atoms with E-state index in [0.29, 0.717) is 0 Å². The molecule has 0 saturated carbocycles. The first-order valence-electron chi connectivity index (χ1n) is 15.4. The van der Waals surface area contributed by atoms with Gasteiger partial charge in [-0.1, -0.05) is 140 Å². The first kappa shape index (κ1) is 26.2. The van der Waals surface area contributed by atoms with Gasteiger partial charge in [-0.2, -0.15) is 0 Å². The second kappa shape index (κ2) is 10.7. The fraction of sp³-hybridized carbons (Fsp3) is 0.0455. The van der Waals surface area contributed by atoms with E-state index in [9.17, 15) is 0 Å². The molecule has 0 aliphatic carbocycles. The molecule has 8 aromatic carbocycles. The van der Waals surface area contributed by atoms with Crippen LogP contribution >= 0.6 is 0 Å². The lowest BCUT2D eigenvalue weighted by atomic mass is 9.84. The summed E-state index contributed by atoms with van der Waals surface area (Å²) in [4.78, 5) is 0. The molecule has 0 heteroatoms. The SMILES string of the molecule is Cc1ccccc1-c1cc(-c2c3ccccc3c(-c3cccc(-c4ccc5ccccc5c4)c3)c3ccccc23)ccc1C. The van der Waals surface area contributed by atoms with Gasteiger partial charge in [-0.15, -0.1) is 0 Å². The van der Waals surface area contributed by atoms with Crippen LogP contribution in [0.2, 0.25) is 0 Å². The van der Waals surface area contributed by atoms with Crippen molar-refractivity contribution in [2.45, 2.75) is 13.8 Å². The molecule has 0 N–H and O–H groups in total. The van der Waals surface area contributed by atoms with Crippen molar-refractivity contribution in [2.75, 3.05) is 0 Å². The summed E-state index contributed by atoms with van der Waals surface area (Å²) in [6, 6.07) is 57.9. The topological polar surface area (TPSA) is 0 Å². The van der Waals surface area contributed by atoms with Gasteiger partial charge >= 0.3 is 0 Å². The molecule has 44 heavy (non-hydrogen) atoms. The highest BCUT2D eigenvalue weighted by Crippen LogP contribution is 2.45. The Morgan fingerprint density at radius 3 is 1.48 bits per heavy atom. The number of aryl methyl sites for hydroxylation is 2. The van der Waals surface area contributed by atoms with Crippen LogP contribution < -0.4 is 0 Å². The van der Waals surface area contributed by atoms with Crippen LogP contribution in [0.3, 0.4) is 0 Å². The van der Waals surface area contributed by atoms with Gasteiger partial charge in [-0.05, 0) is 120 Å². The second-order valence-corrected chi connectivity index (χ2v) is 11.8. The van der Waals surface area contributed by atoms with E-state index in [2.05, 4.69) is 172 Å². The maximum absolute atomic E-state index is 2.39. The predicted molar refractivity (Wildman–Crippen MR) is 190 cm³/mol. The predicted octanol–water partition coefficient (Wildman–Crippen LogP) is 12.4. The summed E-state index contributed by atoms with van der Waals surface area (Å²) in [6.07, 6.45) is 0. The molecule has 0 unspecified atom stereocenters. The van der Waals surface area contributed by atoms with Gasteiger partial charge in [0.25, 0.3) is 0 Å². The Labute approximate surface area is 258 Å².